The Bertz CT molecular complexity index is 414. The van der Waals surface area contributed by atoms with Crippen molar-refractivity contribution in [2.45, 2.75) is 18.9 Å². The van der Waals surface area contributed by atoms with Gasteiger partial charge in [0.25, 0.3) is 0 Å². The van der Waals surface area contributed by atoms with Crippen molar-refractivity contribution in [1.29, 1.82) is 0 Å². The van der Waals surface area contributed by atoms with Crippen LogP contribution in [0.3, 0.4) is 0 Å². The Morgan fingerprint density at radius 3 is 2.63 bits per heavy atom. The Morgan fingerprint density at radius 1 is 1.32 bits per heavy atom. The molecular weight excluding hydrogens is 250 g/mol. The minimum atomic E-state index is -0.835. The van der Waals surface area contributed by atoms with Crippen LogP contribution in [-0.4, -0.2) is 37.9 Å². The third-order valence-electron chi connectivity index (χ3n) is 2.57. The van der Waals surface area contributed by atoms with E-state index in [0.29, 0.717) is 6.29 Å². The van der Waals surface area contributed by atoms with E-state index in [1.54, 1.807) is 0 Å². The molecule has 0 atom stereocenters. The van der Waals surface area contributed by atoms with Gasteiger partial charge in [0.15, 0.2) is 6.29 Å². The SMILES string of the molecule is O=CC1OCC(NC(=O)OCc2ccccc2)CO1. The average molecular weight is 265 g/mol. The maximum absolute atomic E-state index is 11.5. The van der Waals surface area contributed by atoms with Crippen LogP contribution in [0.2, 0.25) is 0 Å². The molecule has 1 fully saturated rings. The minimum absolute atomic E-state index is 0.206. The topological polar surface area (TPSA) is 73.9 Å². The summed E-state index contributed by atoms with van der Waals surface area (Å²) in [6.45, 7) is 0.658. The van der Waals surface area contributed by atoms with Crippen molar-refractivity contribution in [3.63, 3.8) is 0 Å². The lowest BCUT2D eigenvalue weighted by Crippen LogP contribution is -2.47. The van der Waals surface area contributed by atoms with Crippen LogP contribution in [0.25, 0.3) is 0 Å². The molecule has 2 rings (SSSR count). The van der Waals surface area contributed by atoms with Gasteiger partial charge in [-0.3, -0.25) is 4.79 Å². The molecule has 0 saturated carbocycles. The number of carbonyl (C=O) groups excluding carboxylic acids is 2. The van der Waals surface area contributed by atoms with Crippen molar-refractivity contribution in [2.24, 2.45) is 0 Å². The summed E-state index contributed by atoms with van der Waals surface area (Å²) in [5.74, 6) is 0. The summed E-state index contributed by atoms with van der Waals surface area (Å²) in [6.07, 6.45) is -0.798. The van der Waals surface area contributed by atoms with Crippen LogP contribution in [-0.2, 0) is 25.6 Å². The molecule has 19 heavy (non-hydrogen) atoms. The van der Waals surface area contributed by atoms with Gasteiger partial charge >= 0.3 is 6.09 Å². The van der Waals surface area contributed by atoms with Crippen LogP contribution in [0.15, 0.2) is 30.3 Å². The van der Waals surface area contributed by atoms with Crippen molar-refractivity contribution in [3.05, 3.63) is 35.9 Å². The van der Waals surface area contributed by atoms with Crippen molar-refractivity contribution in [1.82, 2.24) is 5.32 Å². The van der Waals surface area contributed by atoms with Crippen molar-refractivity contribution < 1.29 is 23.8 Å². The van der Waals surface area contributed by atoms with Gasteiger partial charge in [-0.2, -0.15) is 0 Å². The predicted molar refractivity (Wildman–Crippen MR) is 65.3 cm³/mol. The maximum atomic E-state index is 11.5. The quantitative estimate of drug-likeness (QED) is 0.817. The second-order valence-corrected chi connectivity index (χ2v) is 4.07. The molecule has 1 aromatic carbocycles. The highest BCUT2D eigenvalue weighted by Gasteiger charge is 2.23. The lowest BCUT2D eigenvalue weighted by Gasteiger charge is -2.26. The number of ether oxygens (including phenoxy) is 3. The fraction of sp³-hybridized carbons (Fsp3) is 0.385. The fourth-order valence-corrected chi connectivity index (χ4v) is 1.61. The largest absolute Gasteiger partial charge is 0.445 e. The molecule has 0 bridgehead atoms. The van der Waals surface area contributed by atoms with Crippen LogP contribution in [0.5, 0.6) is 0 Å². The Kier molecular flexibility index (Phi) is 4.88. The molecule has 1 saturated heterocycles. The summed E-state index contributed by atoms with van der Waals surface area (Å²) in [6, 6.07) is 9.07. The van der Waals surface area contributed by atoms with Crippen LogP contribution in [0.1, 0.15) is 5.56 Å². The van der Waals surface area contributed by atoms with E-state index in [0.717, 1.165) is 5.56 Å². The van der Waals surface area contributed by atoms with E-state index in [4.69, 9.17) is 14.2 Å². The Balaban J connectivity index is 1.69. The van der Waals surface area contributed by atoms with Gasteiger partial charge in [0.05, 0.1) is 19.3 Å². The second kappa shape index (κ2) is 6.86. The highest BCUT2D eigenvalue weighted by Crippen LogP contribution is 2.05. The van der Waals surface area contributed by atoms with Gasteiger partial charge < -0.3 is 19.5 Å². The van der Waals surface area contributed by atoms with E-state index >= 15 is 0 Å². The van der Waals surface area contributed by atoms with Gasteiger partial charge in [0, 0.05) is 0 Å². The maximum Gasteiger partial charge on any atom is 0.407 e. The highest BCUT2D eigenvalue weighted by molar-refractivity contribution is 5.67. The van der Waals surface area contributed by atoms with Gasteiger partial charge in [0.2, 0.25) is 6.29 Å². The van der Waals surface area contributed by atoms with E-state index in [9.17, 15) is 9.59 Å². The number of alkyl carbamates (subject to hydrolysis) is 1. The molecular formula is C13H15NO5. The molecule has 0 aromatic heterocycles. The first kappa shape index (κ1) is 13.5. The lowest BCUT2D eigenvalue weighted by molar-refractivity contribution is -0.184. The first-order valence-corrected chi connectivity index (χ1v) is 5.93. The van der Waals surface area contributed by atoms with Gasteiger partial charge in [-0.1, -0.05) is 30.3 Å². The van der Waals surface area contributed by atoms with Gasteiger partial charge in [0.1, 0.15) is 6.61 Å². The molecule has 1 aromatic rings. The molecule has 1 amide bonds. The van der Waals surface area contributed by atoms with E-state index < -0.39 is 12.4 Å². The number of hydrogen-bond acceptors (Lipinski definition) is 5. The summed E-state index contributed by atoms with van der Waals surface area (Å²) in [7, 11) is 0. The van der Waals surface area contributed by atoms with Gasteiger partial charge in [-0.15, -0.1) is 0 Å². The smallest absolute Gasteiger partial charge is 0.407 e. The average Bonchev–Trinajstić information content (AvgIpc) is 2.47. The van der Waals surface area contributed by atoms with Gasteiger partial charge in [-0.05, 0) is 5.56 Å². The molecule has 0 spiro atoms. The molecule has 6 nitrogen and oxygen atoms in total. The zero-order valence-corrected chi connectivity index (χ0v) is 10.3. The molecule has 0 unspecified atom stereocenters. The number of amides is 1. The van der Waals surface area contributed by atoms with Crippen LogP contribution in [0.4, 0.5) is 4.79 Å². The summed E-state index contributed by atoms with van der Waals surface area (Å²) >= 11 is 0. The highest BCUT2D eigenvalue weighted by atomic mass is 16.7. The Labute approximate surface area is 110 Å². The molecule has 1 aliphatic heterocycles. The van der Waals surface area contributed by atoms with Crippen molar-refractivity contribution in [3.8, 4) is 0 Å². The predicted octanol–water partition coefficient (Wildman–Crippen LogP) is 0.853. The molecule has 0 radical (unpaired) electrons. The second-order valence-electron chi connectivity index (χ2n) is 4.07. The monoisotopic (exact) mass is 265 g/mol. The van der Waals surface area contributed by atoms with E-state index in [-0.39, 0.29) is 25.9 Å². The third kappa shape index (κ3) is 4.35. The molecule has 102 valence electrons. The number of aldehydes is 1. The van der Waals surface area contributed by atoms with Crippen LogP contribution in [0, 0.1) is 0 Å². The molecule has 1 aliphatic rings. The summed E-state index contributed by atoms with van der Waals surface area (Å²) in [4.78, 5) is 21.9. The summed E-state index contributed by atoms with van der Waals surface area (Å²) in [5, 5.41) is 2.61. The molecule has 1 heterocycles. The number of hydrogen-bond donors (Lipinski definition) is 1. The Morgan fingerprint density at radius 2 is 2.00 bits per heavy atom. The van der Waals surface area contributed by atoms with Gasteiger partial charge in [-0.25, -0.2) is 4.79 Å². The minimum Gasteiger partial charge on any atom is -0.445 e. The van der Waals surface area contributed by atoms with Crippen molar-refractivity contribution >= 4 is 12.4 Å². The van der Waals surface area contributed by atoms with Crippen LogP contribution >= 0.6 is 0 Å². The fourth-order valence-electron chi connectivity index (χ4n) is 1.61. The third-order valence-corrected chi connectivity index (χ3v) is 2.57. The number of nitrogens with one attached hydrogen (secondary N) is 1. The molecule has 1 N–H and O–H groups in total. The molecule has 6 heteroatoms. The normalized spacial score (nSPS) is 22.5. The first-order chi connectivity index (χ1) is 9.28. The summed E-state index contributed by atoms with van der Waals surface area (Å²) in [5.41, 5.74) is 0.912. The lowest BCUT2D eigenvalue weighted by atomic mass is 10.2. The van der Waals surface area contributed by atoms with Crippen LogP contribution < -0.4 is 5.32 Å². The van der Waals surface area contributed by atoms with E-state index in [1.807, 2.05) is 30.3 Å². The number of carbonyl (C=O) groups is 2. The number of rotatable bonds is 4. The Hall–Kier alpha value is -1.92. The zero-order chi connectivity index (χ0) is 13.5. The zero-order valence-electron chi connectivity index (χ0n) is 10.3. The van der Waals surface area contributed by atoms with E-state index in [1.165, 1.54) is 0 Å². The first-order valence-electron chi connectivity index (χ1n) is 5.93. The van der Waals surface area contributed by atoms with E-state index in [2.05, 4.69) is 5.32 Å². The number of benzene rings is 1. The summed E-state index contributed by atoms with van der Waals surface area (Å²) < 4.78 is 15.1. The molecule has 0 aliphatic carbocycles. The van der Waals surface area contributed by atoms with Crippen molar-refractivity contribution in [2.75, 3.05) is 13.2 Å². The standard InChI is InChI=1S/C13H15NO5/c15-6-12-17-8-11(9-18-12)14-13(16)19-7-10-4-2-1-3-5-10/h1-6,11-12H,7-9H2,(H,14,16).